The standard InChI is InChI=1S/C32H27F2N7O3S/c1-4-27(42)40-8-9-41-24(18(40)2)15-23(38-41)31-29(28-22(34)13-20(33)14-25(28)44-11-10-43-3)32-21(7-12-45-32)30(36-31)19-5-6-26-37-35-17-39(26)16-19/h4-7,12-18H,1,8-11H2,2-3H3/t18-/m0/s1. The van der Waals surface area contributed by atoms with E-state index in [9.17, 15) is 9.18 Å². The van der Waals surface area contributed by atoms with Crippen LogP contribution in [0.15, 0.2) is 67.0 Å². The number of methoxy groups -OCH3 is 1. The second-order valence-electron chi connectivity index (χ2n) is 10.6. The van der Waals surface area contributed by atoms with Gasteiger partial charge in [0.2, 0.25) is 5.91 Å². The molecule has 0 aliphatic carbocycles. The summed E-state index contributed by atoms with van der Waals surface area (Å²) in [6, 6.07) is 9.28. The molecule has 0 N–H and O–H groups in total. The Labute approximate surface area is 260 Å². The van der Waals surface area contributed by atoms with Gasteiger partial charge in [0.15, 0.2) is 5.65 Å². The van der Waals surface area contributed by atoms with Crippen molar-refractivity contribution in [3.8, 4) is 39.5 Å². The minimum atomic E-state index is -0.793. The van der Waals surface area contributed by atoms with Gasteiger partial charge in [0, 0.05) is 53.2 Å². The number of rotatable bonds is 8. The zero-order valence-corrected chi connectivity index (χ0v) is 25.2. The number of aromatic nitrogens is 6. The molecule has 1 amide bonds. The molecule has 6 aromatic rings. The number of carbonyl (C=O) groups is 1. The van der Waals surface area contributed by atoms with Crippen molar-refractivity contribution in [3.63, 3.8) is 0 Å². The van der Waals surface area contributed by atoms with E-state index < -0.39 is 11.6 Å². The van der Waals surface area contributed by atoms with Gasteiger partial charge in [-0.1, -0.05) is 6.58 Å². The molecule has 13 heteroatoms. The molecule has 7 rings (SSSR count). The van der Waals surface area contributed by atoms with E-state index in [0.717, 1.165) is 27.4 Å². The molecule has 0 radical (unpaired) electrons. The third-order valence-electron chi connectivity index (χ3n) is 7.95. The highest BCUT2D eigenvalue weighted by atomic mass is 32.1. The fourth-order valence-electron chi connectivity index (χ4n) is 5.81. The highest BCUT2D eigenvalue weighted by Gasteiger charge is 2.31. The Hall–Kier alpha value is -5.01. The average molecular weight is 628 g/mol. The van der Waals surface area contributed by atoms with Crippen LogP contribution in [-0.2, 0) is 16.1 Å². The van der Waals surface area contributed by atoms with Crippen molar-refractivity contribution in [2.75, 3.05) is 26.9 Å². The molecule has 0 spiro atoms. The van der Waals surface area contributed by atoms with Gasteiger partial charge in [0.05, 0.1) is 36.1 Å². The summed E-state index contributed by atoms with van der Waals surface area (Å²) in [4.78, 5) is 19.5. The fraction of sp³-hybridized carbons (Fsp3) is 0.219. The monoisotopic (exact) mass is 627 g/mol. The number of carbonyl (C=O) groups excluding carboxylic acids is 1. The highest BCUT2D eigenvalue weighted by Crippen LogP contribution is 2.47. The van der Waals surface area contributed by atoms with Gasteiger partial charge in [-0.25, -0.2) is 13.8 Å². The summed E-state index contributed by atoms with van der Waals surface area (Å²) in [5, 5.41) is 15.7. The summed E-state index contributed by atoms with van der Waals surface area (Å²) < 4.78 is 46.0. The normalized spacial score (nSPS) is 14.7. The molecule has 5 aromatic heterocycles. The van der Waals surface area contributed by atoms with Crippen LogP contribution in [0.2, 0.25) is 0 Å². The van der Waals surface area contributed by atoms with Gasteiger partial charge < -0.3 is 14.4 Å². The Balaban J connectivity index is 1.50. The van der Waals surface area contributed by atoms with Crippen LogP contribution in [0.3, 0.4) is 0 Å². The van der Waals surface area contributed by atoms with E-state index in [1.54, 1.807) is 15.6 Å². The van der Waals surface area contributed by atoms with Gasteiger partial charge in [-0.3, -0.25) is 13.9 Å². The molecule has 0 saturated carbocycles. The van der Waals surface area contributed by atoms with E-state index >= 15 is 4.39 Å². The molecule has 10 nitrogen and oxygen atoms in total. The Morgan fingerprint density at radius 2 is 2.00 bits per heavy atom. The van der Waals surface area contributed by atoms with Gasteiger partial charge in [0.25, 0.3) is 0 Å². The Morgan fingerprint density at radius 1 is 1.13 bits per heavy atom. The molecular weight excluding hydrogens is 600 g/mol. The summed E-state index contributed by atoms with van der Waals surface area (Å²) >= 11 is 1.41. The number of hydrogen-bond acceptors (Lipinski definition) is 8. The summed E-state index contributed by atoms with van der Waals surface area (Å²) in [7, 11) is 1.52. The second kappa shape index (κ2) is 11.5. The van der Waals surface area contributed by atoms with Gasteiger partial charge >= 0.3 is 0 Å². The maximum absolute atomic E-state index is 16.0. The van der Waals surface area contributed by atoms with Crippen molar-refractivity contribution in [2.24, 2.45) is 0 Å². The van der Waals surface area contributed by atoms with Gasteiger partial charge in [-0.05, 0) is 42.6 Å². The molecule has 0 unspecified atom stereocenters. The number of nitrogens with zero attached hydrogens (tertiary/aromatic N) is 7. The van der Waals surface area contributed by atoms with E-state index in [1.165, 1.54) is 30.6 Å². The summed E-state index contributed by atoms with van der Waals surface area (Å²) in [6.07, 6.45) is 4.79. The SMILES string of the molecule is C=CC(=O)N1CCn2nc(-c3nc(-c4ccc5nncn5c4)c4ccsc4c3-c3c(F)cc(F)cc3OCCOC)cc2[C@@H]1C. The lowest BCUT2D eigenvalue weighted by Gasteiger charge is -2.33. The lowest BCUT2D eigenvalue weighted by atomic mass is 9.96. The van der Waals surface area contributed by atoms with Gasteiger partial charge in [0.1, 0.15) is 41.7 Å². The first-order valence-electron chi connectivity index (χ1n) is 14.2. The highest BCUT2D eigenvalue weighted by molar-refractivity contribution is 7.18. The van der Waals surface area contributed by atoms with Crippen molar-refractivity contribution < 1.29 is 23.0 Å². The smallest absolute Gasteiger partial charge is 0.246 e. The predicted molar refractivity (Wildman–Crippen MR) is 166 cm³/mol. The zero-order chi connectivity index (χ0) is 31.2. The Morgan fingerprint density at radius 3 is 2.82 bits per heavy atom. The molecule has 45 heavy (non-hydrogen) atoms. The molecule has 1 aromatic carbocycles. The lowest BCUT2D eigenvalue weighted by Crippen LogP contribution is -2.40. The fourth-order valence-corrected chi connectivity index (χ4v) is 6.76. The summed E-state index contributed by atoms with van der Waals surface area (Å²) in [6.45, 7) is 6.80. The molecule has 1 atom stereocenters. The van der Waals surface area contributed by atoms with E-state index in [0.29, 0.717) is 41.4 Å². The van der Waals surface area contributed by atoms with Crippen LogP contribution in [0.1, 0.15) is 18.7 Å². The first-order chi connectivity index (χ1) is 21.9. The largest absolute Gasteiger partial charge is 0.490 e. The molecule has 228 valence electrons. The minimum Gasteiger partial charge on any atom is -0.490 e. The lowest BCUT2D eigenvalue weighted by molar-refractivity contribution is -0.129. The maximum atomic E-state index is 16.0. The maximum Gasteiger partial charge on any atom is 0.246 e. The first-order valence-corrected chi connectivity index (χ1v) is 15.1. The molecular formula is C32H27F2N7O3S. The first kappa shape index (κ1) is 28.7. The Bertz CT molecular complexity index is 2100. The second-order valence-corrected chi connectivity index (χ2v) is 11.5. The van der Waals surface area contributed by atoms with E-state index in [-0.39, 0.29) is 36.5 Å². The molecule has 1 aliphatic heterocycles. The van der Waals surface area contributed by atoms with Crippen LogP contribution >= 0.6 is 11.3 Å². The topological polar surface area (TPSA) is 99.7 Å². The van der Waals surface area contributed by atoms with Crippen LogP contribution < -0.4 is 4.74 Å². The van der Waals surface area contributed by atoms with E-state index in [2.05, 4.69) is 16.8 Å². The van der Waals surface area contributed by atoms with Gasteiger partial charge in [-0.15, -0.1) is 21.5 Å². The average Bonchev–Trinajstić information content (AvgIpc) is 3.80. The molecule has 0 fully saturated rings. The number of fused-ring (bicyclic) bond motifs is 3. The van der Waals surface area contributed by atoms with Crippen LogP contribution in [0, 0.1) is 11.6 Å². The van der Waals surface area contributed by atoms with Crippen molar-refractivity contribution in [1.29, 1.82) is 0 Å². The number of amides is 1. The van der Waals surface area contributed by atoms with Crippen LogP contribution in [0.4, 0.5) is 8.78 Å². The zero-order valence-electron chi connectivity index (χ0n) is 24.4. The Kier molecular flexibility index (Phi) is 7.34. The van der Waals surface area contributed by atoms with Crippen molar-refractivity contribution in [2.45, 2.75) is 19.5 Å². The van der Waals surface area contributed by atoms with E-state index in [4.69, 9.17) is 19.6 Å². The van der Waals surface area contributed by atoms with E-state index in [1.807, 2.05) is 47.4 Å². The minimum absolute atomic E-state index is 0.0288. The predicted octanol–water partition coefficient (Wildman–Crippen LogP) is 5.93. The summed E-state index contributed by atoms with van der Waals surface area (Å²) in [5.41, 5.74) is 4.29. The van der Waals surface area contributed by atoms with Crippen molar-refractivity contribution in [3.05, 3.63) is 84.3 Å². The number of halogens is 2. The van der Waals surface area contributed by atoms with Crippen molar-refractivity contribution >= 4 is 33.0 Å². The number of thiophene rings is 1. The number of hydrogen-bond donors (Lipinski definition) is 0. The van der Waals surface area contributed by atoms with Crippen molar-refractivity contribution in [1.82, 2.24) is 34.3 Å². The number of pyridine rings is 2. The van der Waals surface area contributed by atoms with Gasteiger partial charge in [-0.2, -0.15) is 5.10 Å². The van der Waals surface area contributed by atoms with Crippen LogP contribution in [0.5, 0.6) is 5.75 Å². The number of ether oxygens (including phenoxy) is 2. The van der Waals surface area contributed by atoms with Crippen LogP contribution in [0.25, 0.3) is 49.5 Å². The quantitative estimate of drug-likeness (QED) is 0.152. The van der Waals surface area contributed by atoms with Crippen LogP contribution in [-0.4, -0.2) is 67.0 Å². The molecule has 0 bridgehead atoms. The molecule has 6 heterocycles. The third-order valence-corrected chi connectivity index (χ3v) is 8.88. The molecule has 0 saturated heterocycles. The third kappa shape index (κ3) is 4.93. The summed E-state index contributed by atoms with van der Waals surface area (Å²) in [5.74, 6) is -1.70. The molecule has 1 aliphatic rings. The number of benzene rings is 1.